The summed E-state index contributed by atoms with van der Waals surface area (Å²) >= 11 is 7.70. The molecule has 0 bridgehead atoms. The SMILES string of the molecule is CCc1nc(CCN2C(=O)c3ccccc3C2=O)n(CC)c1Sc1cc(Cl)cc(C#N)c1. The maximum absolute atomic E-state index is 12.7. The summed E-state index contributed by atoms with van der Waals surface area (Å²) in [5.74, 6) is 0.313. The molecule has 0 spiro atoms. The van der Waals surface area contributed by atoms with Crippen LogP contribution < -0.4 is 0 Å². The molecule has 3 aromatic rings. The highest BCUT2D eigenvalue weighted by Gasteiger charge is 2.35. The number of hydrogen-bond acceptors (Lipinski definition) is 5. The topological polar surface area (TPSA) is 79.0 Å². The van der Waals surface area contributed by atoms with Crippen LogP contribution in [-0.4, -0.2) is 32.8 Å². The van der Waals surface area contributed by atoms with E-state index in [1.165, 1.54) is 16.7 Å². The van der Waals surface area contributed by atoms with Crippen LogP contribution in [0.15, 0.2) is 52.4 Å². The number of rotatable bonds is 7. The van der Waals surface area contributed by atoms with Crippen molar-refractivity contribution in [3.8, 4) is 6.07 Å². The molecule has 1 aliphatic heterocycles. The van der Waals surface area contributed by atoms with Crippen molar-refractivity contribution >= 4 is 35.2 Å². The molecular weight excluding hydrogens is 444 g/mol. The van der Waals surface area contributed by atoms with Gasteiger partial charge in [-0.1, -0.05) is 42.4 Å². The Morgan fingerprint density at radius 1 is 1.09 bits per heavy atom. The standard InChI is InChI=1S/C24H21ClN4O2S/c1-3-20-24(32-17-12-15(14-26)11-16(25)13-17)28(4-2)21(27-20)9-10-29-22(30)18-7-5-6-8-19(18)23(29)31/h5-8,11-13H,3-4,9-10H2,1-2H3. The van der Waals surface area contributed by atoms with E-state index in [4.69, 9.17) is 16.6 Å². The van der Waals surface area contributed by atoms with Crippen LogP contribution >= 0.6 is 23.4 Å². The van der Waals surface area contributed by atoms with E-state index in [1.807, 2.05) is 19.9 Å². The zero-order valence-corrected chi connectivity index (χ0v) is 19.3. The predicted molar refractivity (Wildman–Crippen MR) is 123 cm³/mol. The molecule has 0 fully saturated rings. The maximum Gasteiger partial charge on any atom is 0.261 e. The fourth-order valence-corrected chi connectivity index (χ4v) is 5.40. The second-order valence-corrected chi connectivity index (χ2v) is 8.82. The minimum atomic E-state index is -0.256. The largest absolute Gasteiger partial charge is 0.323 e. The molecule has 0 unspecified atom stereocenters. The Hall–Kier alpha value is -3.08. The molecule has 6 nitrogen and oxygen atoms in total. The van der Waals surface area contributed by atoms with E-state index in [-0.39, 0.29) is 18.4 Å². The molecular formula is C24H21ClN4O2S. The summed E-state index contributed by atoms with van der Waals surface area (Å²) in [5.41, 5.74) is 2.35. The first-order valence-electron chi connectivity index (χ1n) is 10.4. The summed E-state index contributed by atoms with van der Waals surface area (Å²) in [4.78, 5) is 32.3. The quantitative estimate of drug-likeness (QED) is 0.461. The number of carbonyl (C=O) groups is 2. The van der Waals surface area contributed by atoms with E-state index in [0.29, 0.717) is 34.7 Å². The Morgan fingerprint density at radius 3 is 2.38 bits per heavy atom. The first-order valence-corrected chi connectivity index (χ1v) is 11.6. The average Bonchev–Trinajstić information content (AvgIpc) is 3.25. The lowest BCUT2D eigenvalue weighted by atomic mass is 10.1. The molecule has 1 aliphatic rings. The monoisotopic (exact) mass is 464 g/mol. The summed E-state index contributed by atoms with van der Waals surface area (Å²) in [6.45, 7) is 5.04. The number of nitriles is 1. The third kappa shape index (κ3) is 4.04. The molecule has 1 aromatic heterocycles. The van der Waals surface area contributed by atoms with Crippen molar-refractivity contribution in [3.63, 3.8) is 0 Å². The highest BCUT2D eigenvalue weighted by Crippen LogP contribution is 2.34. The number of imidazole rings is 1. The van der Waals surface area contributed by atoms with Gasteiger partial charge in [0.2, 0.25) is 0 Å². The Balaban J connectivity index is 1.59. The summed E-state index contributed by atoms with van der Waals surface area (Å²) < 4.78 is 2.11. The number of halogens is 1. The van der Waals surface area contributed by atoms with Crippen molar-refractivity contribution in [2.75, 3.05) is 6.54 Å². The van der Waals surface area contributed by atoms with Crippen molar-refractivity contribution in [2.45, 2.75) is 43.2 Å². The lowest BCUT2D eigenvalue weighted by Gasteiger charge is -2.15. The number of aryl methyl sites for hydroxylation is 1. The van der Waals surface area contributed by atoms with Gasteiger partial charge in [-0.05, 0) is 43.7 Å². The van der Waals surface area contributed by atoms with Gasteiger partial charge < -0.3 is 4.57 Å². The highest BCUT2D eigenvalue weighted by atomic mass is 35.5. The lowest BCUT2D eigenvalue weighted by Crippen LogP contribution is -2.32. The number of hydrogen-bond donors (Lipinski definition) is 0. The van der Waals surface area contributed by atoms with E-state index in [2.05, 4.69) is 10.6 Å². The lowest BCUT2D eigenvalue weighted by molar-refractivity contribution is 0.0655. The molecule has 0 atom stereocenters. The molecule has 0 N–H and O–H groups in total. The van der Waals surface area contributed by atoms with Crippen LogP contribution in [-0.2, 0) is 19.4 Å². The van der Waals surface area contributed by atoms with Gasteiger partial charge in [-0.3, -0.25) is 14.5 Å². The van der Waals surface area contributed by atoms with Gasteiger partial charge in [0.25, 0.3) is 11.8 Å². The van der Waals surface area contributed by atoms with Gasteiger partial charge in [-0.25, -0.2) is 4.98 Å². The molecule has 0 radical (unpaired) electrons. The number of nitrogens with zero attached hydrogens (tertiary/aromatic N) is 4. The third-order valence-electron chi connectivity index (χ3n) is 5.37. The maximum atomic E-state index is 12.7. The normalized spacial score (nSPS) is 12.9. The Bertz CT molecular complexity index is 1230. The predicted octanol–water partition coefficient (Wildman–Crippen LogP) is 4.98. The minimum absolute atomic E-state index is 0.256. The first kappa shape index (κ1) is 22.1. The number of carbonyl (C=O) groups excluding carboxylic acids is 2. The molecule has 0 saturated carbocycles. The van der Waals surface area contributed by atoms with Gasteiger partial charge in [0.05, 0.1) is 28.5 Å². The minimum Gasteiger partial charge on any atom is -0.323 e. The van der Waals surface area contributed by atoms with Gasteiger partial charge in [-0.15, -0.1) is 0 Å². The fraction of sp³-hybridized carbons (Fsp3) is 0.250. The zero-order valence-electron chi connectivity index (χ0n) is 17.8. The molecule has 2 heterocycles. The smallest absolute Gasteiger partial charge is 0.261 e. The van der Waals surface area contributed by atoms with Crippen LogP contribution in [0.5, 0.6) is 0 Å². The van der Waals surface area contributed by atoms with Gasteiger partial charge >= 0.3 is 0 Å². The Morgan fingerprint density at radius 2 is 1.78 bits per heavy atom. The van der Waals surface area contributed by atoms with Crippen molar-refractivity contribution in [2.24, 2.45) is 0 Å². The third-order valence-corrected chi connectivity index (χ3v) is 6.71. The van der Waals surface area contributed by atoms with E-state index in [1.54, 1.807) is 36.4 Å². The summed E-state index contributed by atoms with van der Waals surface area (Å²) in [7, 11) is 0. The molecule has 8 heteroatoms. The van der Waals surface area contributed by atoms with E-state index < -0.39 is 0 Å². The molecule has 0 aliphatic carbocycles. The summed E-state index contributed by atoms with van der Waals surface area (Å²) in [6, 6.07) is 14.3. The molecule has 32 heavy (non-hydrogen) atoms. The molecule has 162 valence electrons. The zero-order chi connectivity index (χ0) is 22.8. The summed E-state index contributed by atoms with van der Waals surface area (Å²) in [6.07, 6.45) is 1.20. The van der Waals surface area contributed by atoms with E-state index in [0.717, 1.165) is 27.9 Å². The Labute approximate surface area is 195 Å². The molecule has 2 aromatic carbocycles. The summed E-state index contributed by atoms with van der Waals surface area (Å²) in [5, 5.41) is 10.7. The number of fused-ring (bicyclic) bond motifs is 1. The van der Waals surface area contributed by atoms with Crippen molar-refractivity contribution in [3.05, 3.63) is 75.7 Å². The fourth-order valence-electron chi connectivity index (χ4n) is 3.85. The van der Waals surface area contributed by atoms with E-state index >= 15 is 0 Å². The van der Waals surface area contributed by atoms with Crippen molar-refractivity contribution in [1.29, 1.82) is 5.26 Å². The van der Waals surface area contributed by atoms with Crippen LogP contribution in [0, 0.1) is 11.3 Å². The second-order valence-electron chi connectivity index (χ2n) is 7.32. The van der Waals surface area contributed by atoms with Crippen LogP contribution in [0.3, 0.4) is 0 Å². The molecule has 4 rings (SSSR count). The number of amides is 2. The van der Waals surface area contributed by atoms with Crippen LogP contribution in [0.2, 0.25) is 5.02 Å². The van der Waals surface area contributed by atoms with Crippen LogP contribution in [0.25, 0.3) is 0 Å². The Kier molecular flexibility index (Phi) is 6.35. The average molecular weight is 465 g/mol. The van der Waals surface area contributed by atoms with Gasteiger partial charge in [0, 0.05) is 29.4 Å². The molecule has 2 amide bonds. The second kappa shape index (κ2) is 9.19. The van der Waals surface area contributed by atoms with Gasteiger partial charge in [0.1, 0.15) is 10.9 Å². The first-order chi connectivity index (χ1) is 15.5. The molecule has 0 saturated heterocycles. The van der Waals surface area contributed by atoms with E-state index in [9.17, 15) is 14.9 Å². The highest BCUT2D eigenvalue weighted by molar-refractivity contribution is 7.99. The number of benzene rings is 2. The number of imide groups is 1. The van der Waals surface area contributed by atoms with Gasteiger partial charge in [0.15, 0.2) is 0 Å². The van der Waals surface area contributed by atoms with Gasteiger partial charge in [-0.2, -0.15) is 5.26 Å². The van der Waals surface area contributed by atoms with Crippen LogP contribution in [0.4, 0.5) is 0 Å². The van der Waals surface area contributed by atoms with Crippen molar-refractivity contribution < 1.29 is 9.59 Å². The number of aromatic nitrogens is 2. The van der Waals surface area contributed by atoms with Crippen molar-refractivity contribution in [1.82, 2.24) is 14.5 Å². The van der Waals surface area contributed by atoms with Crippen LogP contribution in [0.1, 0.15) is 51.6 Å².